The van der Waals surface area contributed by atoms with Crippen molar-refractivity contribution in [2.45, 2.75) is 18.6 Å². The molecule has 3 nitrogen and oxygen atoms in total. The van der Waals surface area contributed by atoms with E-state index in [1.54, 1.807) is 11.4 Å². The number of amides is 1. The quantitative estimate of drug-likeness (QED) is 0.787. The van der Waals surface area contributed by atoms with Gasteiger partial charge in [-0.15, -0.1) is 22.9 Å². The Morgan fingerprint density at radius 1 is 1.47 bits per heavy atom. The summed E-state index contributed by atoms with van der Waals surface area (Å²) in [5.41, 5.74) is 0.458. The van der Waals surface area contributed by atoms with Crippen LogP contribution in [-0.4, -0.2) is 35.2 Å². The molecule has 0 spiro atoms. The number of ketones is 1. The van der Waals surface area contributed by atoms with Crippen LogP contribution in [0.3, 0.4) is 0 Å². The van der Waals surface area contributed by atoms with Crippen LogP contribution >= 0.6 is 22.9 Å². The van der Waals surface area contributed by atoms with Gasteiger partial charge in [-0.1, -0.05) is 0 Å². The van der Waals surface area contributed by atoms with Crippen LogP contribution in [0.15, 0.2) is 11.4 Å². The molecule has 0 aliphatic carbocycles. The van der Waals surface area contributed by atoms with E-state index in [1.165, 1.54) is 11.3 Å². The fourth-order valence-electron chi connectivity index (χ4n) is 2.12. The lowest BCUT2D eigenvalue weighted by Gasteiger charge is -2.34. The van der Waals surface area contributed by atoms with Crippen molar-refractivity contribution in [3.8, 4) is 0 Å². The molecule has 0 saturated heterocycles. The lowest BCUT2D eigenvalue weighted by atomic mass is 9.96. The molecule has 1 amide bonds. The van der Waals surface area contributed by atoms with Gasteiger partial charge in [-0.25, -0.2) is 0 Å². The van der Waals surface area contributed by atoms with Crippen LogP contribution < -0.4 is 0 Å². The van der Waals surface area contributed by atoms with Crippen LogP contribution in [0.2, 0.25) is 0 Å². The van der Waals surface area contributed by atoms with Crippen molar-refractivity contribution in [1.82, 2.24) is 4.90 Å². The third kappa shape index (κ3) is 2.62. The lowest BCUT2D eigenvalue weighted by molar-refractivity contribution is -0.188. The standard InChI is InChI=1S/C11H9ClF3NO2S/c12-5-7(17)9-6-2-4-19-8(6)1-3-16(9)10(18)11(13,14)15/h2,4,9H,1,3,5H2. The van der Waals surface area contributed by atoms with Gasteiger partial charge in [0.05, 0.1) is 5.88 Å². The molecule has 0 aromatic carbocycles. The van der Waals surface area contributed by atoms with Crippen LogP contribution in [0, 0.1) is 0 Å². The summed E-state index contributed by atoms with van der Waals surface area (Å²) in [6, 6.07) is 0.354. The first-order chi connectivity index (χ1) is 8.86. The van der Waals surface area contributed by atoms with Crippen molar-refractivity contribution < 1.29 is 22.8 Å². The number of fused-ring (bicyclic) bond motifs is 1. The highest BCUT2D eigenvalue weighted by Crippen LogP contribution is 2.36. The predicted molar refractivity (Wildman–Crippen MR) is 64.3 cm³/mol. The SMILES string of the molecule is O=C(CCl)C1c2ccsc2CCN1C(=O)C(F)(F)F. The lowest BCUT2D eigenvalue weighted by Crippen LogP contribution is -2.48. The highest BCUT2D eigenvalue weighted by atomic mass is 35.5. The summed E-state index contributed by atoms with van der Waals surface area (Å²) < 4.78 is 37.6. The maximum atomic E-state index is 12.5. The average Bonchev–Trinajstić information content (AvgIpc) is 2.82. The third-order valence-corrected chi connectivity index (χ3v) is 4.17. The molecule has 1 aromatic heterocycles. The molecule has 8 heteroatoms. The van der Waals surface area contributed by atoms with E-state index in [4.69, 9.17) is 11.6 Å². The maximum Gasteiger partial charge on any atom is 0.471 e. The van der Waals surface area contributed by atoms with Crippen LogP contribution in [0.4, 0.5) is 13.2 Å². The molecule has 0 N–H and O–H groups in total. The summed E-state index contributed by atoms with van der Waals surface area (Å²) in [5, 5.41) is 1.70. The van der Waals surface area contributed by atoms with E-state index in [1.807, 2.05) is 0 Å². The van der Waals surface area contributed by atoms with E-state index >= 15 is 0 Å². The molecule has 1 atom stereocenters. The molecule has 104 valence electrons. The number of carbonyl (C=O) groups excluding carboxylic acids is 2. The van der Waals surface area contributed by atoms with Crippen molar-refractivity contribution in [1.29, 1.82) is 0 Å². The minimum absolute atomic E-state index is 0.126. The Kier molecular flexibility index (Phi) is 3.87. The smallest absolute Gasteiger partial charge is 0.320 e. The second-order valence-electron chi connectivity index (χ2n) is 4.05. The molecule has 19 heavy (non-hydrogen) atoms. The van der Waals surface area contributed by atoms with Gasteiger partial charge in [0.1, 0.15) is 6.04 Å². The van der Waals surface area contributed by atoms with Gasteiger partial charge in [0.2, 0.25) is 0 Å². The molecule has 0 radical (unpaired) electrons. The van der Waals surface area contributed by atoms with Gasteiger partial charge < -0.3 is 4.90 Å². The second kappa shape index (κ2) is 5.13. The summed E-state index contributed by atoms with van der Waals surface area (Å²) in [6.07, 6.45) is -4.67. The topological polar surface area (TPSA) is 37.4 Å². The summed E-state index contributed by atoms with van der Waals surface area (Å²) in [4.78, 5) is 24.6. The van der Waals surface area contributed by atoms with E-state index in [0.29, 0.717) is 16.9 Å². The molecule has 0 fully saturated rings. The molecule has 1 unspecified atom stereocenters. The van der Waals surface area contributed by atoms with Gasteiger partial charge in [0.25, 0.3) is 0 Å². The van der Waals surface area contributed by atoms with Crippen LogP contribution in [0.5, 0.6) is 0 Å². The Balaban J connectivity index is 2.40. The number of nitrogens with zero attached hydrogens (tertiary/aromatic N) is 1. The average molecular weight is 312 g/mol. The molecule has 1 aliphatic heterocycles. The van der Waals surface area contributed by atoms with E-state index in [0.717, 1.165) is 4.88 Å². The number of carbonyl (C=O) groups is 2. The minimum Gasteiger partial charge on any atom is -0.320 e. The number of alkyl halides is 4. The predicted octanol–water partition coefficient (Wildman–Crippen LogP) is 2.54. The van der Waals surface area contributed by atoms with Gasteiger partial charge in [-0.05, 0) is 23.4 Å². The number of thiophene rings is 1. The van der Waals surface area contributed by atoms with Gasteiger partial charge in [-0.2, -0.15) is 13.2 Å². The number of Topliss-reactive ketones (excluding diaryl/α,β-unsaturated/α-hetero) is 1. The first kappa shape index (κ1) is 14.3. The molecule has 1 aliphatic rings. The summed E-state index contributed by atoms with van der Waals surface area (Å²) >= 11 is 6.80. The summed E-state index contributed by atoms with van der Waals surface area (Å²) in [6.45, 7) is -0.126. The number of hydrogen-bond donors (Lipinski definition) is 0. The zero-order chi connectivity index (χ0) is 14.2. The minimum atomic E-state index is -4.99. The first-order valence-electron chi connectivity index (χ1n) is 5.39. The van der Waals surface area contributed by atoms with Crippen molar-refractivity contribution in [2.24, 2.45) is 0 Å². The Bertz CT molecular complexity index is 514. The van der Waals surface area contributed by atoms with E-state index in [2.05, 4.69) is 0 Å². The Morgan fingerprint density at radius 3 is 2.74 bits per heavy atom. The van der Waals surface area contributed by atoms with E-state index in [-0.39, 0.29) is 6.54 Å². The molecule has 0 bridgehead atoms. The molecular formula is C11H9ClF3NO2S. The highest BCUT2D eigenvalue weighted by Gasteiger charge is 2.47. The normalized spacial score (nSPS) is 19.2. The Morgan fingerprint density at radius 2 is 2.16 bits per heavy atom. The highest BCUT2D eigenvalue weighted by molar-refractivity contribution is 7.10. The molecular weight excluding hydrogens is 303 g/mol. The zero-order valence-corrected chi connectivity index (χ0v) is 11.1. The fraction of sp³-hybridized carbons (Fsp3) is 0.455. The summed E-state index contributed by atoms with van der Waals surface area (Å²) in [5.74, 6) is -3.02. The van der Waals surface area contributed by atoms with Crippen molar-refractivity contribution in [3.05, 3.63) is 21.9 Å². The maximum absolute atomic E-state index is 12.5. The largest absolute Gasteiger partial charge is 0.471 e. The van der Waals surface area contributed by atoms with E-state index in [9.17, 15) is 22.8 Å². The zero-order valence-electron chi connectivity index (χ0n) is 9.54. The molecule has 2 rings (SSSR count). The fourth-order valence-corrected chi connectivity index (χ4v) is 3.17. The molecule has 2 heterocycles. The molecule has 0 saturated carbocycles. The van der Waals surface area contributed by atoms with Gasteiger partial charge in [-0.3, -0.25) is 9.59 Å². The van der Waals surface area contributed by atoms with Gasteiger partial charge >= 0.3 is 12.1 Å². The van der Waals surface area contributed by atoms with Gasteiger partial charge in [0, 0.05) is 11.4 Å². The van der Waals surface area contributed by atoms with Crippen molar-refractivity contribution in [2.75, 3.05) is 12.4 Å². The summed E-state index contributed by atoms with van der Waals surface area (Å²) in [7, 11) is 0. The number of rotatable bonds is 2. The van der Waals surface area contributed by atoms with Crippen molar-refractivity contribution >= 4 is 34.6 Å². The second-order valence-corrected chi connectivity index (χ2v) is 5.32. The monoisotopic (exact) mass is 311 g/mol. The van der Waals surface area contributed by atoms with Crippen LogP contribution in [0.25, 0.3) is 0 Å². The number of halogens is 4. The van der Waals surface area contributed by atoms with E-state index < -0.39 is 29.8 Å². The Labute approximate surface area is 116 Å². The van der Waals surface area contributed by atoms with Crippen LogP contribution in [-0.2, 0) is 16.0 Å². The number of hydrogen-bond acceptors (Lipinski definition) is 3. The molecule has 1 aromatic rings. The third-order valence-electron chi connectivity index (χ3n) is 2.91. The van der Waals surface area contributed by atoms with Crippen LogP contribution in [0.1, 0.15) is 16.5 Å². The van der Waals surface area contributed by atoms with Gasteiger partial charge in [0.15, 0.2) is 5.78 Å². The Hall–Kier alpha value is -1.08. The first-order valence-corrected chi connectivity index (χ1v) is 6.80. The van der Waals surface area contributed by atoms with Crippen molar-refractivity contribution in [3.63, 3.8) is 0 Å².